The number of halogens is 1. The molecular weight excluding hydrogens is 378 g/mol. The van der Waals surface area contributed by atoms with Gasteiger partial charge in [-0.2, -0.15) is 0 Å². The topological polar surface area (TPSA) is 72.5 Å². The molecule has 1 aliphatic heterocycles. The van der Waals surface area contributed by atoms with Crippen molar-refractivity contribution in [1.29, 1.82) is 0 Å². The molecule has 2 amide bonds. The summed E-state index contributed by atoms with van der Waals surface area (Å²) in [6.07, 6.45) is 4.75. The Morgan fingerprint density at radius 2 is 2.00 bits per heavy atom. The van der Waals surface area contributed by atoms with Crippen LogP contribution in [0.4, 0.5) is 0 Å². The SMILES string of the molecule is C=C1[C@@H](OC(C)=O)C[C@H]2C(C)(C)C[C@H](Cl)C[C@]2(C)[C@H]1C/C=C1\CC(=O)NC1=O. The number of nitrogens with one attached hydrogen (secondary N) is 1. The maximum Gasteiger partial charge on any atom is 0.303 e. The zero-order valence-corrected chi connectivity index (χ0v) is 17.9. The Bertz CT molecular complexity index is 756. The highest BCUT2D eigenvalue weighted by Gasteiger charge is 2.57. The second-order valence-electron chi connectivity index (χ2n) is 9.53. The summed E-state index contributed by atoms with van der Waals surface area (Å²) in [4.78, 5) is 35.1. The van der Waals surface area contributed by atoms with E-state index < -0.39 is 0 Å². The lowest BCUT2D eigenvalue weighted by atomic mass is 9.46. The zero-order chi connectivity index (χ0) is 20.9. The number of carbonyl (C=O) groups excluding carboxylic acids is 3. The van der Waals surface area contributed by atoms with Crippen LogP contribution in [-0.2, 0) is 19.1 Å². The van der Waals surface area contributed by atoms with Crippen LogP contribution in [0.3, 0.4) is 0 Å². The van der Waals surface area contributed by atoms with Gasteiger partial charge in [0.2, 0.25) is 5.91 Å². The second kappa shape index (κ2) is 7.33. The Balaban J connectivity index is 1.96. The molecule has 0 aromatic heterocycles. The summed E-state index contributed by atoms with van der Waals surface area (Å²) in [7, 11) is 0. The van der Waals surface area contributed by atoms with Crippen molar-refractivity contribution in [3.05, 3.63) is 23.8 Å². The highest BCUT2D eigenvalue weighted by molar-refractivity contribution is 6.20. The Morgan fingerprint density at radius 3 is 2.57 bits per heavy atom. The van der Waals surface area contributed by atoms with Crippen LogP contribution >= 0.6 is 11.6 Å². The van der Waals surface area contributed by atoms with Crippen molar-refractivity contribution < 1.29 is 19.1 Å². The van der Waals surface area contributed by atoms with Gasteiger partial charge in [0.15, 0.2) is 0 Å². The summed E-state index contributed by atoms with van der Waals surface area (Å²) in [5.74, 6) is -0.555. The van der Waals surface area contributed by atoms with E-state index in [0.717, 1.165) is 24.8 Å². The van der Waals surface area contributed by atoms with E-state index in [1.807, 2.05) is 6.08 Å². The molecule has 154 valence electrons. The summed E-state index contributed by atoms with van der Waals surface area (Å²) in [6, 6.07) is 0. The molecule has 1 saturated heterocycles. The summed E-state index contributed by atoms with van der Waals surface area (Å²) >= 11 is 6.67. The van der Waals surface area contributed by atoms with Crippen LogP contribution in [0.25, 0.3) is 0 Å². The number of fused-ring (bicyclic) bond motifs is 1. The molecule has 2 saturated carbocycles. The van der Waals surface area contributed by atoms with Crippen LogP contribution in [0.1, 0.15) is 59.8 Å². The maximum atomic E-state index is 12.0. The average molecular weight is 408 g/mol. The van der Waals surface area contributed by atoms with E-state index in [-0.39, 0.29) is 52.4 Å². The fourth-order valence-electron chi connectivity index (χ4n) is 5.96. The van der Waals surface area contributed by atoms with Gasteiger partial charge in [-0.05, 0) is 53.9 Å². The van der Waals surface area contributed by atoms with Gasteiger partial charge >= 0.3 is 5.97 Å². The van der Waals surface area contributed by atoms with Crippen LogP contribution in [-0.4, -0.2) is 29.3 Å². The number of esters is 1. The lowest BCUT2D eigenvalue weighted by Gasteiger charge is -2.60. The molecule has 2 aliphatic carbocycles. The molecular formula is C22H30ClNO4. The molecule has 1 heterocycles. The van der Waals surface area contributed by atoms with Crippen LogP contribution in [0, 0.1) is 22.7 Å². The summed E-state index contributed by atoms with van der Waals surface area (Å²) in [5.41, 5.74) is 1.28. The second-order valence-corrected chi connectivity index (χ2v) is 10.2. The summed E-state index contributed by atoms with van der Waals surface area (Å²) in [5, 5.41) is 2.40. The van der Waals surface area contributed by atoms with Crippen LogP contribution < -0.4 is 5.32 Å². The van der Waals surface area contributed by atoms with Crippen molar-refractivity contribution in [2.45, 2.75) is 71.3 Å². The monoisotopic (exact) mass is 407 g/mol. The molecule has 3 rings (SSSR count). The fourth-order valence-corrected chi connectivity index (χ4v) is 6.69. The third-order valence-corrected chi connectivity index (χ3v) is 7.37. The number of alkyl halides is 1. The maximum absolute atomic E-state index is 12.0. The molecule has 0 spiro atoms. The quantitative estimate of drug-likeness (QED) is 0.253. The van der Waals surface area contributed by atoms with E-state index in [4.69, 9.17) is 16.3 Å². The number of ether oxygens (including phenoxy) is 1. The van der Waals surface area contributed by atoms with Crippen molar-refractivity contribution in [2.75, 3.05) is 0 Å². The Labute approximate surface area is 171 Å². The number of allylic oxidation sites excluding steroid dienone is 1. The number of carbonyl (C=O) groups is 3. The lowest BCUT2D eigenvalue weighted by molar-refractivity contribution is -0.153. The van der Waals surface area contributed by atoms with Crippen molar-refractivity contribution >= 4 is 29.4 Å². The van der Waals surface area contributed by atoms with Gasteiger partial charge in [0.1, 0.15) is 6.10 Å². The number of amides is 2. The van der Waals surface area contributed by atoms with Crippen LogP contribution in [0.5, 0.6) is 0 Å². The van der Waals surface area contributed by atoms with Crippen LogP contribution in [0.2, 0.25) is 0 Å². The van der Waals surface area contributed by atoms with Crippen molar-refractivity contribution in [2.24, 2.45) is 22.7 Å². The lowest BCUT2D eigenvalue weighted by Crippen LogP contribution is -2.55. The minimum atomic E-state index is -0.329. The number of hydrogen-bond acceptors (Lipinski definition) is 4. The molecule has 0 bridgehead atoms. The normalized spacial score (nSPS) is 38.9. The van der Waals surface area contributed by atoms with Gasteiger partial charge in [-0.1, -0.05) is 33.4 Å². The molecule has 3 fully saturated rings. The standard InChI is InChI=1S/C22H30ClNO4/c1-12-16(7-6-14-8-19(26)24-20(14)27)22(5)11-15(23)10-21(3,4)18(22)9-17(12)28-13(2)25/h6,15-18H,1,7-11H2,2-5H3,(H,24,26,27)/b14-6+/t15-,16-,17-,18-,22+/m0/s1. The molecule has 3 aliphatic rings. The molecule has 0 radical (unpaired) electrons. The van der Waals surface area contributed by atoms with Crippen LogP contribution in [0.15, 0.2) is 23.8 Å². The molecule has 28 heavy (non-hydrogen) atoms. The van der Waals surface area contributed by atoms with Crippen molar-refractivity contribution in [3.8, 4) is 0 Å². The Hall–Kier alpha value is -1.62. The third-order valence-electron chi connectivity index (χ3n) is 7.06. The minimum Gasteiger partial charge on any atom is -0.458 e. The number of rotatable bonds is 3. The smallest absolute Gasteiger partial charge is 0.303 e. The molecule has 0 aromatic rings. The van der Waals surface area contributed by atoms with Crippen molar-refractivity contribution in [3.63, 3.8) is 0 Å². The molecule has 5 nitrogen and oxygen atoms in total. The first-order valence-corrected chi connectivity index (χ1v) is 10.4. The Kier molecular flexibility index (Phi) is 5.52. The largest absolute Gasteiger partial charge is 0.458 e. The zero-order valence-electron chi connectivity index (χ0n) is 17.1. The van der Waals surface area contributed by atoms with Gasteiger partial charge in [-0.3, -0.25) is 19.7 Å². The molecule has 0 unspecified atom stereocenters. The van der Waals surface area contributed by atoms with E-state index in [2.05, 4.69) is 32.7 Å². The van der Waals surface area contributed by atoms with E-state index in [1.54, 1.807) is 0 Å². The van der Waals surface area contributed by atoms with Crippen molar-refractivity contribution in [1.82, 2.24) is 5.32 Å². The van der Waals surface area contributed by atoms with Gasteiger partial charge in [-0.25, -0.2) is 0 Å². The van der Waals surface area contributed by atoms with E-state index in [9.17, 15) is 14.4 Å². The first kappa shape index (κ1) is 21.1. The Morgan fingerprint density at radius 1 is 1.32 bits per heavy atom. The van der Waals surface area contributed by atoms with E-state index >= 15 is 0 Å². The molecule has 1 N–H and O–H groups in total. The average Bonchev–Trinajstić information content (AvgIpc) is 2.85. The highest BCUT2D eigenvalue weighted by Crippen LogP contribution is 2.62. The minimum absolute atomic E-state index is 0.00457. The first-order chi connectivity index (χ1) is 12.9. The fraction of sp³-hybridized carbons (Fsp3) is 0.682. The molecule has 0 aromatic carbocycles. The predicted octanol–water partition coefficient (Wildman–Crippen LogP) is 3.91. The molecule has 6 heteroatoms. The van der Waals surface area contributed by atoms with Gasteiger partial charge in [-0.15, -0.1) is 11.6 Å². The van der Waals surface area contributed by atoms with Gasteiger partial charge in [0.05, 0.1) is 6.42 Å². The molecule has 5 atom stereocenters. The summed E-state index contributed by atoms with van der Waals surface area (Å²) < 4.78 is 5.63. The predicted molar refractivity (Wildman–Crippen MR) is 108 cm³/mol. The first-order valence-electron chi connectivity index (χ1n) is 9.97. The van der Waals surface area contributed by atoms with E-state index in [1.165, 1.54) is 6.92 Å². The third kappa shape index (κ3) is 3.78. The van der Waals surface area contributed by atoms with Gasteiger partial charge in [0.25, 0.3) is 5.91 Å². The highest BCUT2D eigenvalue weighted by atomic mass is 35.5. The van der Waals surface area contributed by atoms with E-state index in [0.29, 0.717) is 17.9 Å². The summed E-state index contributed by atoms with van der Waals surface area (Å²) in [6.45, 7) is 12.5. The number of imide groups is 1. The van der Waals surface area contributed by atoms with Gasteiger partial charge < -0.3 is 4.74 Å². The van der Waals surface area contributed by atoms with Gasteiger partial charge in [0, 0.05) is 17.9 Å². The number of hydrogen-bond donors (Lipinski definition) is 1.